The molecule has 0 bridgehead atoms. The van der Waals surface area contributed by atoms with Crippen molar-refractivity contribution in [3.8, 4) is 5.88 Å². The van der Waals surface area contributed by atoms with Gasteiger partial charge in [0.05, 0.1) is 6.07 Å². The second kappa shape index (κ2) is 5.86. The maximum absolute atomic E-state index is 11.4. The minimum absolute atomic E-state index is 0.153. The summed E-state index contributed by atoms with van der Waals surface area (Å²) in [6.45, 7) is 2.77. The first-order valence-electron chi connectivity index (χ1n) is 5.71. The van der Waals surface area contributed by atoms with Gasteiger partial charge in [-0.25, -0.2) is 0 Å². The van der Waals surface area contributed by atoms with Crippen molar-refractivity contribution in [2.45, 2.75) is 13.5 Å². The van der Waals surface area contributed by atoms with Gasteiger partial charge in [0.15, 0.2) is 0 Å². The molecule has 0 spiro atoms. The van der Waals surface area contributed by atoms with Crippen LogP contribution in [0.2, 0.25) is 0 Å². The highest BCUT2D eigenvalue weighted by molar-refractivity contribution is 5.91. The molecule has 1 heterocycles. The molecular weight excluding hydrogens is 232 g/mol. The first-order chi connectivity index (χ1) is 8.79. The Balaban J connectivity index is 1.93. The van der Waals surface area contributed by atoms with E-state index in [4.69, 9.17) is 9.26 Å². The summed E-state index contributed by atoms with van der Waals surface area (Å²) in [4.78, 5) is 11.4. The van der Waals surface area contributed by atoms with Crippen LogP contribution in [0.15, 0.2) is 40.9 Å². The van der Waals surface area contributed by atoms with Gasteiger partial charge in [-0.05, 0) is 17.6 Å². The van der Waals surface area contributed by atoms with Gasteiger partial charge in [0, 0.05) is 6.54 Å². The lowest BCUT2D eigenvalue weighted by molar-refractivity contribution is 0.0918. The van der Waals surface area contributed by atoms with Crippen LogP contribution in [-0.4, -0.2) is 17.6 Å². The van der Waals surface area contributed by atoms with Gasteiger partial charge in [-0.15, -0.1) is 0 Å². The van der Waals surface area contributed by atoms with E-state index in [9.17, 15) is 4.79 Å². The van der Waals surface area contributed by atoms with E-state index >= 15 is 0 Å². The molecule has 0 aliphatic rings. The summed E-state index contributed by atoms with van der Waals surface area (Å²) in [5, 5.41) is 6.30. The fourth-order valence-corrected chi connectivity index (χ4v) is 1.41. The van der Waals surface area contributed by atoms with Gasteiger partial charge in [-0.2, -0.15) is 0 Å². The highest BCUT2D eigenvalue weighted by Crippen LogP contribution is 2.13. The van der Waals surface area contributed by atoms with Crippen LogP contribution in [0, 0.1) is 0 Å². The molecule has 0 aliphatic carbocycles. The fraction of sp³-hybridized carbons (Fsp3) is 0.231. The number of amides is 1. The topological polar surface area (TPSA) is 64.4 Å². The summed E-state index contributed by atoms with van der Waals surface area (Å²) < 4.78 is 10.3. The third kappa shape index (κ3) is 3.10. The normalized spacial score (nSPS) is 10.1. The molecule has 5 nitrogen and oxygen atoms in total. The average Bonchev–Trinajstić information content (AvgIpc) is 2.87. The molecule has 1 amide bonds. The van der Waals surface area contributed by atoms with E-state index in [2.05, 4.69) is 10.5 Å². The van der Waals surface area contributed by atoms with Gasteiger partial charge in [-0.1, -0.05) is 30.3 Å². The smallest absolute Gasteiger partial charge is 0.290 e. The number of aromatic nitrogens is 1. The van der Waals surface area contributed by atoms with Crippen LogP contribution in [0.25, 0.3) is 0 Å². The molecule has 0 radical (unpaired) electrons. The number of nitrogens with zero attached hydrogens (tertiary/aromatic N) is 1. The maximum Gasteiger partial charge on any atom is 0.290 e. The summed E-state index contributed by atoms with van der Waals surface area (Å²) >= 11 is 0. The van der Waals surface area contributed by atoms with Crippen molar-refractivity contribution >= 4 is 5.91 Å². The molecule has 1 aromatic carbocycles. The quantitative estimate of drug-likeness (QED) is 0.876. The Morgan fingerprint density at radius 1 is 1.39 bits per heavy atom. The molecule has 18 heavy (non-hydrogen) atoms. The lowest BCUT2D eigenvalue weighted by atomic mass is 10.2. The van der Waals surface area contributed by atoms with Crippen molar-refractivity contribution in [1.29, 1.82) is 0 Å². The molecule has 1 N–H and O–H groups in total. The Morgan fingerprint density at radius 3 is 2.89 bits per heavy atom. The van der Waals surface area contributed by atoms with Crippen molar-refractivity contribution in [2.75, 3.05) is 6.54 Å². The molecule has 2 rings (SSSR count). The highest BCUT2D eigenvalue weighted by Gasteiger charge is 2.12. The second-order valence-corrected chi connectivity index (χ2v) is 3.66. The van der Waals surface area contributed by atoms with Gasteiger partial charge in [-0.3, -0.25) is 4.79 Å². The van der Waals surface area contributed by atoms with E-state index in [1.165, 1.54) is 6.07 Å². The Morgan fingerprint density at radius 2 is 2.17 bits per heavy atom. The molecule has 0 saturated heterocycles. The van der Waals surface area contributed by atoms with E-state index in [1.807, 2.05) is 37.3 Å². The first-order valence-corrected chi connectivity index (χ1v) is 5.71. The Labute approximate surface area is 105 Å². The van der Waals surface area contributed by atoms with Crippen LogP contribution in [0.5, 0.6) is 5.88 Å². The van der Waals surface area contributed by atoms with Crippen LogP contribution in [0.3, 0.4) is 0 Å². The fourth-order valence-electron chi connectivity index (χ4n) is 1.41. The van der Waals surface area contributed by atoms with E-state index in [1.54, 1.807) is 0 Å². The third-order valence-electron chi connectivity index (χ3n) is 2.28. The minimum atomic E-state index is -0.292. The number of nitrogens with one attached hydrogen (secondary N) is 1. The standard InChI is InChI=1S/C13H14N2O3/c1-2-14-13(16)11-8-12(15-18-11)17-9-10-6-4-3-5-7-10/h3-8H,2,9H2,1H3,(H,14,16). The number of ether oxygens (including phenoxy) is 1. The zero-order valence-electron chi connectivity index (χ0n) is 10.1. The van der Waals surface area contributed by atoms with Crippen LogP contribution >= 0.6 is 0 Å². The van der Waals surface area contributed by atoms with Gasteiger partial charge in [0.2, 0.25) is 5.76 Å². The predicted molar refractivity (Wildman–Crippen MR) is 65.3 cm³/mol. The summed E-state index contributed by atoms with van der Waals surface area (Å²) in [6, 6.07) is 11.2. The Hall–Kier alpha value is -2.30. The second-order valence-electron chi connectivity index (χ2n) is 3.66. The lowest BCUT2D eigenvalue weighted by Crippen LogP contribution is -2.21. The number of benzene rings is 1. The Kier molecular flexibility index (Phi) is 3.96. The van der Waals surface area contributed by atoms with E-state index in [0.29, 0.717) is 19.0 Å². The third-order valence-corrected chi connectivity index (χ3v) is 2.28. The van der Waals surface area contributed by atoms with Crippen LogP contribution < -0.4 is 10.1 Å². The Bertz CT molecular complexity index is 508. The van der Waals surface area contributed by atoms with E-state index < -0.39 is 0 Å². The SMILES string of the molecule is CCNC(=O)c1cc(OCc2ccccc2)no1. The van der Waals surface area contributed by atoms with E-state index in [0.717, 1.165) is 5.56 Å². The van der Waals surface area contributed by atoms with Crippen molar-refractivity contribution in [3.05, 3.63) is 47.7 Å². The van der Waals surface area contributed by atoms with Crippen LogP contribution in [0.4, 0.5) is 0 Å². The molecular formula is C13H14N2O3. The molecule has 0 atom stereocenters. The molecule has 1 aromatic heterocycles. The van der Waals surface area contributed by atoms with Crippen molar-refractivity contribution < 1.29 is 14.1 Å². The summed E-state index contributed by atoms with van der Waals surface area (Å²) in [6.07, 6.45) is 0. The number of hydrogen-bond acceptors (Lipinski definition) is 4. The highest BCUT2D eigenvalue weighted by atomic mass is 16.5. The van der Waals surface area contributed by atoms with Crippen LogP contribution in [0.1, 0.15) is 23.0 Å². The van der Waals surface area contributed by atoms with Crippen molar-refractivity contribution in [2.24, 2.45) is 0 Å². The molecule has 0 saturated carbocycles. The monoisotopic (exact) mass is 246 g/mol. The zero-order chi connectivity index (χ0) is 12.8. The van der Waals surface area contributed by atoms with Gasteiger partial charge in [0.1, 0.15) is 6.61 Å². The molecule has 94 valence electrons. The maximum atomic E-state index is 11.4. The number of carbonyl (C=O) groups excluding carboxylic acids is 1. The molecule has 2 aromatic rings. The summed E-state index contributed by atoms with van der Waals surface area (Å²) in [5.41, 5.74) is 1.03. The van der Waals surface area contributed by atoms with Crippen LogP contribution in [-0.2, 0) is 6.61 Å². The number of hydrogen-bond donors (Lipinski definition) is 1. The number of rotatable bonds is 5. The minimum Gasteiger partial charge on any atom is -0.471 e. The average molecular weight is 246 g/mol. The molecule has 5 heteroatoms. The largest absolute Gasteiger partial charge is 0.471 e. The summed E-state index contributed by atoms with van der Waals surface area (Å²) in [7, 11) is 0. The van der Waals surface area contributed by atoms with Crippen molar-refractivity contribution in [1.82, 2.24) is 10.5 Å². The zero-order valence-corrected chi connectivity index (χ0v) is 10.1. The summed E-state index contributed by atoms with van der Waals surface area (Å²) in [5.74, 6) is 0.166. The van der Waals surface area contributed by atoms with Gasteiger partial charge < -0.3 is 14.6 Å². The lowest BCUT2D eigenvalue weighted by Gasteiger charge is -2.00. The number of carbonyl (C=O) groups is 1. The van der Waals surface area contributed by atoms with E-state index in [-0.39, 0.29) is 11.7 Å². The molecule has 0 fully saturated rings. The predicted octanol–water partition coefficient (Wildman–Crippen LogP) is 2.00. The first kappa shape index (κ1) is 12.2. The molecule has 0 aliphatic heterocycles. The van der Waals surface area contributed by atoms with Crippen molar-refractivity contribution in [3.63, 3.8) is 0 Å². The van der Waals surface area contributed by atoms with Gasteiger partial charge in [0.25, 0.3) is 11.8 Å². The van der Waals surface area contributed by atoms with Gasteiger partial charge >= 0.3 is 0 Å². The molecule has 0 unspecified atom stereocenters.